The van der Waals surface area contributed by atoms with E-state index in [9.17, 15) is 31.2 Å². The third kappa shape index (κ3) is 4.25. The number of nitrogens with zero attached hydrogens (tertiary/aromatic N) is 2. The van der Waals surface area contributed by atoms with Crippen LogP contribution < -0.4 is 0 Å². The van der Waals surface area contributed by atoms with Gasteiger partial charge in [-0.2, -0.15) is 13.2 Å². The normalized spacial score (nSPS) is 16.4. The molecule has 0 radical (unpaired) electrons. The Hall–Kier alpha value is -2.10. The average molecular weight is 364 g/mol. The van der Waals surface area contributed by atoms with Gasteiger partial charge < -0.3 is 9.80 Å². The summed E-state index contributed by atoms with van der Waals surface area (Å²) < 4.78 is 60.6. The quantitative estimate of drug-likeness (QED) is 0.800. The van der Waals surface area contributed by atoms with E-state index in [1.54, 1.807) is 0 Å². The van der Waals surface area contributed by atoms with Gasteiger partial charge in [0.2, 0.25) is 5.91 Å². The molecular formula is C14H15F3N2O4S. The molecule has 0 unspecified atom stereocenters. The molecule has 1 aromatic rings. The summed E-state index contributed by atoms with van der Waals surface area (Å²) in [6.45, 7) is -2.25. The van der Waals surface area contributed by atoms with Gasteiger partial charge in [0.05, 0.1) is 10.5 Å². The Morgan fingerprint density at radius 1 is 1.21 bits per heavy atom. The molecule has 0 aliphatic carbocycles. The molecule has 24 heavy (non-hydrogen) atoms. The summed E-state index contributed by atoms with van der Waals surface area (Å²) in [6, 6.07) is 5.51. The molecule has 2 rings (SSSR count). The summed E-state index contributed by atoms with van der Waals surface area (Å²) >= 11 is 0. The van der Waals surface area contributed by atoms with Gasteiger partial charge in [0.1, 0.15) is 13.1 Å². The van der Waals surface area contributed by atoms with Crippen LogP contribution in [-0.4, -0.2) is 68.6 Å². The Morgan fingerprint density at radius 3 is 2.38 bits per heavy atom. The van der Waals surface area contributed by atoms with Crippen molar-refractivity contribution in [3.05, 3.63) is 29.8 Å². The summed E-state index contributed by atoms with van der Waals surface area (Å²) in [4.78, 5) is 25.8. The third-order valence-corrected chi connectivity index (χ3v) is 4.65. The van der Waals surface area contributed by atoms with Gasteiger partial charge in [0.15, 0.2) is 9.84 Å². The topological polar surface area (TPSA) is 74.8 Å². The van der Waals surface area contributed by atoms with Crippen LogP contribution in [0.5, 0.6) is 0 Å². The SMILES string of the molecule is CS(=O)(=O)c1ccccc1C(=O)N1CCN(CC(F)(F)F)C(=O)C1. The number of amides is 2. The molecule has 0 bridgehead atoms. The van der Waals surface area contributed by atoms with Crippen molar-refractivity contribution < 1.29 is 31.2 Å². The lowest BCUT2D eigenvalue weighted by molar-refractivity contribution is -0.164. The second-order valence-corrected chi connectivity index (χ2v) is 7.41. The molecule has 1 aliphatic heterocycles. The first-order chi connectivity index (χ1) is 11.0. The minimum Gasteiger partial charge on any atom is -0.330 e. The first-order valence-electron chi connectivity index (χ1n) is 6.92. The van der Waals surface area contributed by atoms with Gasteiger partial charge in [0.25, 0.3) is 5.91 Å². The van der Waals surface area contributed by atoms with E-state index in [0.717, 1.165) is 11.2 Å². The second-order valence-electron chi connectivity index (χ2n) is 5.43. The van der Waals surface area contributed by atoms with Crippen LogP contribution in [0.3, 0.4) is 0 Å². The Labute approximate surface area is 136 Å². The standard InChI is InChI=1S/C14H15F3N2O4S/c1-24(22,23)11-5-3-2-4-10(11)13(21)18-6-7-19(12(20)8-18)9-14(15,16)17/h2-5H,6-9H2,1H3. The number of hydrogen-bond donors (Lipinski definition) is 0. The molecule has 1 saturated heterocycles. The number of hydrogen-bond acceptors (Lipinski definition) is 4. The number of benzene rings is 1. The summed E-state index contributed by atoms with van der Waals surface area (Å²) in [7, 11) is -3.66. The monoisotopic (exact) mass is 364 g/mol. The molecule has 6 nitrogen and oxygen atoms in total. The summed E-state index contributed by atoms with van der Waals surface area (Å²) in [5, 5.41) is 0. The lowest BCUT2D eigenvalue weighted by Crippen LogP contribution is -2.54. The van der Waals surface area contributed by atoms with Crippen molar-refractivity contribution in [3.63, 3.8) is 0 Å². The second kappa shape index (κ2) is 6.42. The molecule has 1 fully saturated rings. The highest BCUT2D eigenvalue weighted by Gasteiger charge is 2.36. The van der Waals surface area contributed by atoms with Gasteiger partial charge in [-0.25, -0.2) is 8.42 Å². The van der Waals surface area contributed by atoms with Crippen LogP contribution in [0.2, 0.25) is 0 Å². The minimum absolute atomic E-state index is 0.0985. The first-order valence-corrected chi connectivity index (χ1v) is 8.81. The average Bonchev–Trinajstić information content (AvgIpc) is 2.46. The number of carbonyl (C=O) groups is 2. The van der Waals surface area contributed by atoms with Gasteiger partial charge in [0, 0.05) is 19.3 Å². The van der Waals surface area contributed by atoms with Crippen molar-refractivity contribution >= 4 is 21.7 Å². The largest absolute Gasteiger partial charge is 0.406 e. The molecule has 0 aromatic heterocycles. The number of rotatable bonds is 3. The van der Waals surface area contributed by atoms with Crippen molar-refractivity contribution in [2.24, 2.45) is 0 Å². The van der Waals surface area contributed by atoms with Gasteiger partial charge in [-0.05, 0) is 12.1 Å². The number of sulfone groups is 1. The number of carbonyl (C=O) groups excluding carboxylic acids is 2. The maximum absolute atomic E-state index is 12.5. The summed E-state index contributed by atoms with van der Waals surface area (Å²) in [5.74, 6) is -1.53. The highest BCUT2D eigenvalue weighted by molar-refractivity contribution is 7.90. The molecule has 0 atom stereocenters. The highest BCUT2D eigenvalue weighted by atomic mass is 32.2. The van der Waals surface area contributed by atoms with E-state index in [2.05, 4.69) is 0 Å². The molecule has 1 aromatic carbocycles. The van der Waals surface area contributed by atoms with E-state index in [0.29, 0.717) is 4.90 Å². The van der Waals surface area contributed by atoms with E-state index in [1.807, 2.05) is 0 Å². The lowest BCUT2D eigenvalue weighted by Gasteiger charge is -2.34. The van der Waals surface area contributed by atoms with E-state index in [4.69, 9.17) is 0 Å². The zero-order valence-corrected chi connectivity index (χ0v) is 13.5. The molecule has 0 N–H and O–H groups in total. The number of halogens is 3. The van der Waals surface area contributed by atoms with Crippen molar-refractivity contribution in [3.8, 4) is 0 Å². The van der Waals surface area contributed by atoms with Crippen LogP contribution in [0, 0.1) is 0 Å². The van der Waals surface area contributed by atoms with Crippen molar-refractivity contribution in [2.75, 3.05) is 32.4 Å². The van der Waals surface area contributed by atoms with Crippen molar-refractivity contribution in [1.82, 2.24) is 9.80 Å². The molecule has 132 valence electrons. The van der Waals surface area contributed by atoms with Gasteiger partial charge in [-0.15, -0.1) is 0 Å². The fraction of sp³-hybridized carbons (Fsp3) is 0.429. The third-order valence-electron chi connectivity index (χ3n) is 3.49. The Morgan fingerprint density at radius 2 is 1.83 bits per heavy atom. The van der Waals surface area contributed by atoms with Gasteiger partial charge >= 0.3 is 6.18 Å². The Balaban J connectivity index is 2.18. The molecule has 0 saturated carbocycles. The van der Waals surface area contributed by atoms with Crippen molar-refractivity contribution in [2.45, 2.75) is 11.1 Å². The van der Waals surface area contributed by atoms with Gasteiger partial charge in [-0.3, -0.25) is 9.59 Å². The molecule has 1 heterocycles. The van der Waals surface area contributed by atoms with Crippen LogP contribution in [-0.2, 0) is 14.6 Å². The number of alkyl halides is 3. The van der Waals surface area contributed by atoms with Crippen LogP contribution in [0.1, 0.15) is 10.4 Å². The van der Waals surface area contributed by atoms with E-state index < -0.39 is 40.9 Å². The molecule has 0 spiro atoms. The predicted molar refractivity (Wildman–Crippen MR) is 78.1 cm³/mol. The number of piperazine rings is 1. The summed E-state index contributed by atoms with van der Waals surface area (Å²) in [6.07, 6.45) is -3.56. The lowest BCUT2D eigenvalue weighted by atomic mass is 10.1. The molecular weight excluding hydrogens is 349 g/mol. The minimum atomic E-state index is -4.51. The van der Waals surface area contributed by atoms with Crippen LogP contribution >= 0.6 is 0 Å². The van der Waals surface area contributed by atoms with Gasteiger partial charge in [-0.1, -0.05) is 12.1 Å². The Bertz CT molecular complexity index is 762. The molecule has 2 amide bonds. The van der Waals surface area contributed by atoms with Crippen LogP contribution in [0.4, 0.5) is 13.2 Å². The summed E-state index contributed by atoms with van der Waals surface area (Å²) in [5.41, 5.74) is -0.0999. The fourth-order valence-corrected chi connectivity index (χ4v) is 3.28. The van der Waals surface area contributed by atoms with E-state index in [-0.39, 0.29) is 23.5 Å². The van der Waals surface area contributed by atoms with Crippen molar-refractivity contribution in [1.29, 1.82) is 0 Å². The fourth-order valence-electron chi connectivity index (χ4n) is 2.40. The maximum Gasteiger partial charge on any atom is 0.406 e. The Kier molecular flexibility index (Phi) is 4.88. The predicted octanol–water partition coefficient (Wildman–Crippen LogP) is 0.937. The zero-order chi connectivity index (χ0) is 18.1. The molecule has 10 heteroatoms. The van der Waals surface area contributed by atoms with Crippen LogP contribution in [0.15, 0.2) is 29.2 Å². The first kappa shape index (κ1) is 18.2. The zero-order valence-electron chi connectivity index (χ0n) is 12.7. The van der Waals surface area contributed by atoms with E-state index >= 15 is 0 Å². The van der Waals surface area contributed by atoms with Crippen LogP contribution in [0.25, 0.3) is 0 Å². The smallest absolute Gasteiger partial charge is 0.330 e. The van der Waals surface area contributed by atoms with E-state index in [1.165, 1.54) is 24.3 Å². The maximum atomic E-state index is 12.5. The molecule has 1 aliphatic rings. The highest BCUT2D eigenvalue weighted by Crippen LogP contribution is 2.21.